The molecule has 42 heavy (non-hydrogen) atoms. The normalized spacial score (nSPS) is 30.7. The SMILES string of the molecule is O=C(N[C@@H]1CC[C@H]2CCOc3ccccc3C(=O)N3CCN(C4CCNCC4)C[C@H]3C(=O)NC[C@H]1O2)C1CCOCC1. The third kappa shape index (κ3) is 6.74. The van der Waals surface area contributed by atoms with Crippen LogP contribution in [-0.4, -0.2) is 117 Å². The molecule has 4 saturated heterocycles. The van der Waals surface area contributed by atoms with Crippen LogP contribution in [-0.2, 0) is 19.1 Å². The minimum Gasteiger partial charge on any atom is -0.493 e. The maximum atomic E-state index is 13.9. The van der Waals surface area contributed by atoms with Gasteiger partial charge >= 0.3 is 0 Å². The topological polar surface area (TPSA) is 121 Å². The Hall–Kier alpha value is -2.73. The van der Waals surface area contributed by atoms with E-state index in [4.69, 9.17) is 14.2 Å². The molecule has 5 heterocycles. The van der Waals surface area contributed by atoms with Crippen molar-refractivity contribution in [3.8, 4) is 5.75 Å². The Kier molecular flexibility index (Phi) is 9.58. The fraction of sp³-hybridized carbons (Fsp3) is 0.710. The van der Waals surface area contributed by atoms with Crippen molar-refractivity contribution in [2.45, 2.75) is 75.3 Å². The highest BCUT2D eigenvalue weighted by molar-refractivity contribution is 6.00. The van der Waals surface area contributed by atoms with E-state index in [9.17, 15) is 14.4 Å². The first kappa shape index (κ1) is 29.3. The van der Waals surface area contributed by atoms with Crippen molar-refractivity contribution in [2.75, 3.05) is 59.1 Å². The number of rotatable bonds is 3. The molecule has 11 nitrogen and oxygen atoms in total. The molecule has 230 valence electrons. The van der Waals surface area contributed by atoms with E-state index in [0.29, 0.717) is 56.7 Å². The van der Waals surface area contributed by atoms with Gasteiger partial charge in [0.15, 0.2) is 0 Å². The quantitative estimate of drug-likeness (QED) is 0.481. The van der Waals surface area contributed by atoms with Gasteiger partial charge in [0.05, 0.1) is 30.4 Å². The monoisotopic (exact) mass is 583 g/mol. The Balaban J connectivity index is 1.22. The zero-order valence-electron chi connectivity index (χ0n) is 24.4. The summed E-state index contributed by atoms with van der Waals surface area (Å²) in [6.07, 6.45) is 5.31. The van der Waals surface area contributed by atoms with Crippen molar-refractivity contribution >= 4 is 17.7 Å². The van der Waals surface area contributed by atoms with Crippen molar-refractivity contribution in [3.63, 3.8) is 0 Å². The lowest BCUT2D eigenvalue weighted by Gasteiger charge is -2.45. The van der Waals surface area contributed by atoms with E-state index in [2.05, 4.69) is 20.9 Å². The first-order valence-corrected chi connectivity index (χ1v) is 15.9. The van der Waals surface area contributed by atoms with Crippen LogP contribution in [0.15, 0.2) is 24.3 Å². The van der Waals surface area contributed by atoms with Crippen LogP contribution >= 0.6 is 0 Å². The fourth-order valence-electron chi connectivity index (χ4n) is 7.11. The molecule has 2 bridgehead atoms. The van der Waals surface area contributed by atoms with Crippen molar-refractivity contribution in [3.05, 3.63) is 29.8 Å². The lowest BCUT2D eigenvalue weighted by atomic mass is 9.94. The fourth-order valence-corrected chi connectivity index (χ4v) is 7.11. The lowest BCUT2D eigenvalue weighted by molar-refractivity contribution is -0.134. The lowest BCUT2D eigenvalue weighted by Crippen LogP contribution is -2.64. The van der Waals surface area contributed by atoms with Crippen LogP contribution in [0.5, 0.6) is 5.75 Å². The second-order valence-electron chi connectivity index (χ2n) is 12.2. The number of fused-ring (bicyclic) bond motifs is 4. The van der Waals surface area contributed by atoms with E-state index < -0.39 is 6.04 Å². The Morgan fingerprint density at radius 2 is 1.74 bits per heavy atom. The highest BCUT2D eigenvalue weighted by Crippen LogP contribution is 2.28. The molecule has 0 radical (unpaired) electrons. The largest absolute Gasteiger partial charge is 0.493 e. The number of nitrogens with zero attached hydrogens (tertiary/aromatic N) is 2. The first-order valence-electron chi connectivity index (χ1n) is 15.9. The summed E-state index contributed by atoms with van der Waals surface area (Å²) < 4.78 is 18.1. The first-order chi connectivity index (χ1) is 20.6. The molecule has 0 aliphatic carbocycles. The molecule has 4 atom stereocenters. The van der Waals surface area contributed by atoms with Gasteiger partial charge < -0.3 is 35.1 Å². The number of piperidine rings is 1. The number of ether oxygens (including phenoxy) is 3. The van der Waals surface area contributed by atoms with E-state index >= 15 is 0 Å². The van der Waals surface area contributed by atoms with Crippen LogP contribution in [0.4, 0.5) is 0 Å². The molecule has 5 aliphatic rings. The summed E-state index contributed by atoms with van der Waals surface area (Å²) in [4.78, 5) is 45.0. The molecule has 3 N–H and O–H groups in total. The number of benzene rings is 1. The molecule has 0 unspecified atom stereocenters. The van der Waals surface area contributed by atoms with Crippen molar-refractivity contribution < 1.29 is 28.6 Å². The molecular formula is C31H45N5O6. The summed E-state index contributed by atoms with van der Waals surface area (Å²) in [7, 11) is 0. The highest BCUT2D eigenvalue weighted by atomic mass is 16.5. The van der Waals surface area contributed by atoms with Crippen LogP contribution < -0.4 is 20.7 Å². The van der Waals surface area contributed by atoms with E-state index in [1.54, 1.807) is 11.0 Å². The number of piperazine rings is 1. The minimum absolute atomic E-state index is 0.0395. The Labute approximate surface area is 248 Å². The molecular weight excluding hydrogens is 538 g/mol. The van der Waals surface area contributed by atoms with Gasteiger partial charge in [-0.3, -0.25) is 19.3 Å². The molecule has 1 aromatic carbocycles. The van der Waals surface area contributed by atoms with Crippen molar-refractivity contribution in [1.82, 2.24) is 25.8 Å². The third-order valence-corrected chi connectivity index (χ3v) is 9.63. The number of hydrogen-bond acceptors (Lipinski definition) is 8. The van der Waals surface area contributed by atoms with Crippen LogP contribution in [0, 0.1) is 5.92 Å². The summed E-state index contributed by atoms with van der Waals surface area (Å²) in [5.74, 6) is 0.162. The molecule has 0 aromatic heterocycles. The molecule has 6 rings (SSSR count). The molecule has 0 saturated carbocycles. The van der Waals surface area contributed by atoms with Gasteiger partial charge in [-0.05, 0) is 63.7 Å². The smallest absolute Gasteiger partial charge is 0.258 e. The van der Waals surface area contributed by atoms with Gasteiger partial charge in [-0.2, -0.15) is 0 Å². The van der Waals surface area contributed by atoms with Gasteiger partial charge in [0.25, 0.3) is 5.91 Å². The number of para-hydroxylation sites is 1. The number of hydrogen-bond donors (Lipinski definition) is 3. The minimum atomic E-state index is -0.633. The molecule has 4 fully saturated rings. The van der Waals surface area contributed by atoms with Crippen LogP contribution in [0.2, 0.25) is 0 Å². The summed E-state index contributed by atoms with van der Waals surface area (Å²) in [5.41, 5.74) is 0.487. The zero-order valence-corrected chi connectivity index (χ0v) is 24.4. The summed E-state index contributed by atoms with van der Waals surface area (Å²) >= 11 is 0. The Morgan fingerprint density at radius 3 is 2.57 bits per heavy atom. The third-order valence-electron chi connectivity index (χ3n) is 9.63. The van der Waals surface area contributed by atoms with Gasteiger partial charge in [0, 0.05) is 57.8 Å². The van der Waals surface area contributed by atoms with Gasteiger partial charge in [0.2, 0.25) is 11.8 Å². The molecule has 3 amide bonds. The number of nitrogens with one attached hydrogen (secondary N) is 3. The standard InChI is InChI=1S/C31H45N5O6/c37-29(21-9-16-40-17-10-21)34-25-6-5-23-11-18-41-27-4-2-1-3-24(27)31(39)36-15-14-35(22-7-12-32-13-8-22)20-26(36)30(38)33-19-28(25)42-23/h1-4,21-23,25-26,28,32H,5-20H2,(H,33,38)(H,34,37)/t23-,25+,26-,28+/m0/s1. The molecule has 5 aliphatic heterocycles. The average molecular weight is 584 g/mol. The Morgan fingerprint density at radius 1 is 0.929 bits per heavy atom. The van der Waals surface area contributed by atoms with Gasteiger partial charge in [-0.25, -0.2) is 0 Å². The zero-order chi connectivity index (χ0) is 28.9. The second-order valence-corrected chi connectivity index (χ2v) is 12.2. The molecule has 1 aromatic rings. The van der Waals surface area contributed by atoms with Crippen LogP contribution in [0.1, 0.15) is 55.3 Å². The van der Waals surface area contributed by atoms with E-state index in [1.165, 1.54) is 0 Å². The average Bonchev–Trinajstić information content (AvgIpc) is 3.04. The van der Waals surface area contributed by atoms with Crippen molar-refractivity contribution in [1.29, 1.82) is 0 Å². The van der Waals surface area contributed by atoms with E-state index in [1.807, 2.05) is 18.2 Å². The maximum Gasteiger partial charge on any atom is 0.258 e. The predicted molar refractivity (Wildman–Crippen MR) is 155 cm³/mol. The number of carbonyl (C=O) groups is 3. The van der Waals surface area contributed by atoms with Crippen LogP contribution in [0.3, 0.4) is 0 Å². The number of carbonyl (C=O) groups excluding carboxylic acids is 3. The van der Waals surface area contributed by atoms with E-state index in [0.717, 1.165) is 58.2 Å². The predicted octanol–water partition coefficient (Wildman–Crippen LogP) is 0.923. The number of amides is 3. The second kappa shape index (κ2) is 13.7. The van der Waals surface area contributed by atoms with Crippen molar-refractivity contribution in [2.24, 2.45) is 5.92 Å². The van der Waals surface area contributed by atoms with Gasteiger partial charge in [-0.15, -0.1) is 0 Å². The molecule has 11 heteroatoms. The summed E-state index contributed by atoms with van der Waals surface area (Å²) in [6.45, 7) is 5.53. The van der Waals surface area contributed by atoms with Crippen LogP contribution in [0.25, 0.3) is 0 Å². The highest BCUT2D eigenvalue weighted by Gasteiger charge is 2.40. The maximum absolute atomic E-state index is 13.9. The molecule has 0 spiro atoms. The summed E-state index contributed by atoms with van der Waals surface area (Å²) in [5, 5.41) is 9.80. The van der Waals surface area contributed by atoms with Gasteiger partial charge in [0.1, 0.15) is 11.8 Å². The Bertz CT molecular complexity index is 1110. The summed E-state index contributed by atoms with van der Waals surface area (Å²) in [6, 6.07) is 6.89. The van der Waals surface area contributed by atoms with Gasteiger partial charge in [-0.1, -0.05) is 12.1 Å². The van der Waals surface area contributed by atoms with E-state index in [-0.39, 0.29) is 48.4 Å².